The fourth-order valence-electron chi connectivity index (χ4n) is 4.93. The van der Waals surface area contributed by atoms with Crippen molar-refractivity contribution >= 4 is 29.4 Å². The Kier molecular flexibility index (Phi) is 6.37. The number of rotatable bonds is 3. The molecule has 5 N–H and O–H groups in total. The van der Waals surface area contributed by atoms with E-state index in [-0.39, 0.29) is 18.0 Å². The van der Waals surface area contributed by atoms with Gasteiger partial charge in [-0.2, -0.15) is 13.2 Å². The van der Waals surface area contributed by atoms with Crippen molar-refractivity contribution < 1.29 is 37.1 Å². The molecule has 2 saturated heterocycles. The number of pyridine rings is 1. The lowest BCUT2D eigenvalue weighted by molar-refractivity contribution is -0.171. The molecule has 5 atom stereocenters. The summed E-state index contributed by atoms with van der Waals surface area (Å²) in [5.74, 6) is -5.01. The first-order chi connectivity index (χ1) is 17.0. The summed E-state index contributed by atoms with van der Waals surface area (Å²) in [5, 5.41) is 2.57. The van der Waals surface area contributed by atoms with Gasteiger partial charge in [-0.05, 0) is 24.0 Å². The monoisotopic (exact) mass is 526 g/mol. The zero-order valence-electron chi connectivity index (χ0n) is 20.5. The summed E-state index contributed by atoms with van der Waals surface area (Å²) in [4.78, 5) is 58.0. The van der Waals surface area contributed by atoms with Crippen LogP contribution in [0.3, 0.4) is 0 Å². The van der Waals surface area contributed by atoms with Crippen molar-refractivity contribution in [1.82, 2.24) is 14.8 Å². The minimum Gasteiger partial charge on any atom is -0.472 e. The molecule has 1 spiro atoms. The smallest absolute Gasteiger partial charge is 0.393 e. The van der Waals surface area contributed by atoms with E-state index < -0.39 is 84.4 Å². The van der Waals surface area contributed by atoms with Gasteiger partial charge in [-0.1, -0.05) is 20.8 Å². The van der Waals surface area contributed by atoms with Crippen molar-refractivity contribution in [2.45, 2.75) is 63.5 Å². The highest BCUT2D eigenvalue weighted by molar-refractivity contribution is 6.03. The maximum atomic E-state index is 13.7. The molecule has 0 unspecified atom stereocenters. The van der Waals surface area contributed by atoms with E-state index in [2.05, 4.69) is 10.3 Å². The number of anilines is 1. The molecule has 4 heterocycles. The molecule has 0 aliphatic carbocycles. The van der Waals surface area contributed by atoms with Crippen LogP contribution in [0.25, 0.3) is 0 Å². The van der Waals surface area contributed by atoms with Crippen molar-refractivity contribution in [3.63, 3.8) is 0 Å². The zero-order valence-corrected chi connectivity index (χ0v) is 20.5. The number of carbonyl (C=O) groups is 4. The number of carbonyl (C=O) groups excluding carboxylic acids is 4. The van der Waals surface area contributed by atoms with Crippen LogP contribution in [0.5, 0.6) is 5.75 Å². The van der Waals surface area contributed by atoms with Gasteiger partial charge in [0.1, 0.15) is 12.1 Å². The fraction of sp³-hybridized carbons (Fsp3) is 0.609. The SMILES string of the molecule is CC(C)(C)[C@H](N)C(=O)N1C[C@H](C(F)(F)F)C[C@H]1C(=O)N1C[C@@]2(C[C@H]1C(N)=O)Oc1cccnc1NC2=O. The van der Waals surface area contributed by atoms with Crippen molar-refractivity contribution in [3.05, 3.63) is 18.3 Å². The van der Waals surface area contributed by atoms with Crippen LogP contribution in [-0.4, -0.2) is 81.4 Å². The zero-order chi connectivity index (χ0) is 27.5. The lowest BCUT2D eigenvalue weighted by atomic mass is 9.86. The molecular formula is C23H29F3N6O5. The van der Waals surface area contributed by atoms with E-state index in [0.29, 0.717) is 0 Å². The number of likely N-dealkylation sites (tertiary alicyclic amines) is 2. The Hall–Kier alpha value is -3.42. The van der Waals surface area contributed by atoms with E-state index in [4.69, 9.17) is 16.2 Å². The first-order valence-electron chi connectivity index (χ1n) is 11.7. The summed E-state index contributed by atoms with van der Waals surface area (Å²) >= 11 is 0. The molecule has 0 saturated carbocycles. The lowest BCUT2D eigenvalue weighted by Crippen LogP contribution is -2.57. The number of fused-ring (bicyclic) bond motifs is 1. The fourth-order valence-corrected chi connectivity index (χ4v) is 4.93. The van der Waals surface area contributed by atoms with E-state index in [1.165, 1.54) is 12.3 Å². The Balaban J connectivity index is 1.66. The summed E-state index contributed by atoms with van der Waals surface area (Å²) < 4.78 is 46.9. The van der Waals surface area contributed by atoms with Crippen LogP contribution in [0.2, 0.25) is 0 Å². The molecule has 14 heteroatoms. The van der Waals surface area contributed by atoms with E-state index in [0.717, 1.165) is 9.80 Å². The molecule has 37 heavy (non-hydrogen) atoms. The molecule has 4 amide bonds. The molecule has 3 aliphatic heterocycles. The van der Waals surface area contributed by atoms with E-state index in [9.17, 15) is 32.3 Å². The summed E-state index contributed by atoms with van der Waals surface area (Å²) in [6, 6.07) is -0.986. The number of aromatic nitrogens is 1. The van der Waals surface area contributed by atoms with Gasteiger partial charge in [-0.3, -0.25) is 19.2 Å². The van der Waals surface area contributed by atoms with Gasteiger partial charge >= 0.3 is 6.18 Å². The quantitative estimate of drug-likeness (QED) is 0.513. The van der Waals surface area contributed by atoms with Crippen molar-refractivity contribution in [2.24, 2.45) is 22.8 Å². The van der Waals surface area contributed by atoms with E-state index in [1.807, 2.05) is 0 Å². The third-order valence-corrected chi connectivity index (χ3v) is 7.19. The predicted molar refractivity (Wildman–Crippen MR) is 123 cm³/mol. The maximum absolute atomic E-state index is 13.7. The molecule has 2 fully saturated rings. The van der Waals surface area contributed by atoms with Gasteiger partial charge in [0.25, 0.3) is 5.91 Å². The minimum absolute atomic E-state index is 0.148. The molecule has 0 aromatic carbocycles. The second kappa shape index (κ2) is 8.85. The molecule has 202 valence electrons. The highest BCUT2D eigenvalue weighted by Crippen LogP contribution is 2.42. The van der Waals surface area contributed by atoms with E-state index in [1.54, 1.807) is 26.8 Å². The number of ether oxygens (including phenoxy) is 1. The van der Waals surface area contributed by atoms with Gasteiger partial charge in [0, 0.05) is 19.2 Å². The van der Waals surface area contributed by atoms with Gasteiger partial charge in [0.15, 0.2) is 11.6 Å². The van der Waals surface area contributed by atoms with Crippen molar-refractivity contribution in [3.8, 4) is 5.75 Å². The van der Waals surface area contributed by atoms with Gasteiger partial charge in [-0.25, -0.2) is 4.98 Å². The largest absolute Gasteiger partial charge is 0.472 e. The standard InChI is InChI=1S/C23H29F3N6O5/c1-21(2,3)15(27)19(35)31-9-11(23(24,25)26)7-12(31)18(34)32-10-22(8-13(32)16(28)33)20(36)30-17-14(37-22)5-4-6-29-17/h4-6,11-13,15H,7-10,27H2,1-3H3,(H2,28,33)(H,29,30,36)/t11-,12+,13+,15-,22-/m1/s1. The second-order valence-corrected chi connectivity index (χ2v) is 10.8. The van der Waals surface area contributed by atoms with Crippen LogP contribution in [0.4, 0.5) is 19.0 Å². The third kappa shape index (κ3) is 4.69. The number of nitrogens with one attached hydrogen (secondary N) is 1. The Morgan fingerprint density at radius 3 is 2.49 bits per heavy atom. The normalized spacial score (nSPS) is 28.5. The lowest BCUT2D eigenvalue weighted by Gasteiger charge is -2.35. The Labute approximate surface area is 210 Å². The maximum Gasteiger partial charge on any atom is 0.393 e. The van der Waals surface area contributed by atoms with Crippen LogP contribution in [0, 0.1) is 11.3 Å². The number of primary amides is 1. The van der Waals surface area contributed by atoms with Crippen molar-refractivity contribution in [1.29, 1.82) is 0 Å². The summed E-state index contributed by atoms with van der Waals surface area (Å²) in [7, 11) is 0. The first-order valence-corrected chi connectivity index (χ1v) is 11.7. The van der Waals surface area contributed by atoms with Crippen LogP contribution in [0.1, 0.15) is 33.6 Å². The van der Waals surface area contributed by atoms with Gasteiger partial charge in [-0.15, -0.1) is 0 Å². The molecule has 11 nitrogen and oxygen atoms in total. The number of nitrogens with zero attached hydrogens (tertiary/aromatic N) is 3. The summed E-state index contributed by atoms with van der Waals surface area (Å²) in [6.45, 7) is 3.76. The molecule has 0 bridgehead atoms. The topological polar surface area (TPSA) is 161 Å². The van der Waals surface area contributed by atoms with Crippen LogP contribution < -0.4 is 21.5 Å². The number of alkyl halides is 3. The van der Waals surface area contributed by atoms with Gasteiger partial charge in [0.05, 0.1) is 18.5 Å². The number of amides is 4. The van der Waals surface area contributed by atoms with Crippen LogP contribution in [-0.2, 0) is 19.2 Å². The first kappa shape index (κ1) is 26.6. The van der Waals surface area contributed by atoms with Crippen molar-refractivity contribution in [2.75, 3.05) is 18.4 Å². The molecule has 3 aliphatic rings. The Bertz CT molecular complexity index is 1140. The Morgan fingerprint density at radius 2 is 1.89 bits per heavy atom. The van der Waals surface area contributed by atoms with Gasteiger partial charge < -0.3 is 31.3 Å². The molecule has 4 rings (SSSR count). The van der Waals surface area contributed by atoms with Gasteiger partial charge in [0.2, 0.25) is 23.3 Å². The summed E-state index contributed by atoms with van der Waals surface area (Å²) in [6.07, 6.45) is -4.27. The number of hydrogen-bond donors (Lipinski definition) is 3. The number of hydrogen-bond acceptors (Lipinski definition) is 7. The highest BCUT2D eigenvalue weighted by Gasteiger charge is 2.60. The molecule has 1 aromatic rings. The minimum atomic E-state index is -4.67. The molecule has 0 radical (unpaired) electrons. The third-order valence-electron chi connectivity index (χ3n) is 7.19. The average molecular weight is 527 g/mol. The number of halogens is 3. The summed E-state index contributed by atoms with van der Waals surface area (Å²) in [5.41, 5.74) is 9.08. The van der Waals surface area contributed by atoms with Crippen LogP contribution >= 0.6 is 0 Å². The Morgan fingerprint density at radius 1 is 1.22 bits per heavy atom. The highest BCUT2D eigenvalue weighted by atomic mass is 19.4. The molecule has 1 aromatic heterocycles. The van der Waals surface area contributed by atoms with E-state index >= 15 is 0 Å². The average Bonchev–Trinajstić information content (AvgIpc) is 3.41. The second-order valence-electron chi connectivity index (χ2n) is 10.8. The number of nitrogens with two attached hydrogens (primary N) is 2. The molecular weight excluding hydrogens is 497 g/mol. The van der Waals surface area contributed by atoms with Crippen LogP contribution in [0.15, 0.2) is 18.3 Å². The predicted octanol–water partition coefficient (Wildman–Crippen LogP) is 0.390.